The van der Waals surface area contributed by atoms with E-state index in [0.717, 1.165) is 4.88 Å². The monoisotopic (exact) mass is 708 g/mol. The summed E-state index contributed by atoms with van der Waals surface area (Å²) in [6.45, 7) is 19.0. The summed E-state index contributed by atoms with van der Waals surface area (Å²) in [6, 6.07) is -2.64. The van der Waals surface area contributed by atoms with E-state index < -0.39 is 74.6 Å². The zero-order valence-electron chi connectivity index (χ0n) is 29.3. The highest BCUT2D eigenvalue weighted by atomic mass is 32.2. The Morgan fingerprint density at radius 1 is 1.06 bits per heavy atom. The van der Waals surface area contributed by atoms with Gasteiger partial charge in [-0.25, -0.2) is 13.2 Å². The highest BCUT2D eigenvalue weighted by Gasteiger charge is 2.45. The predicted molar refractivity (Wildman–Crippen MR) is 184 cm³/mol. The van der Waals surface area contributed by atoms with Crippen LogP contribution in [0.5, 0.6) is 0 Å². The van der Waals surface area contributed by atoms with Gasteiger partial charge in [0, 0.05) is 37.1 Å². The molecular weight excluding hydrogens is 657 g/mol. The van der Waals surface area contributed by atoms with Crippen molar-refractivity contribution in [2.24, 2.45) is 16.7 Å². The number of urea groups is 1. The normalized spacial score (nSPS) is 21.0. The summed E-state index contributed by atoms with van der Waals surface area (Å²) < 4.78 is 27.7. The SMILES string of the molecule is C=CCNC(=O)C(=O)C(CCC)NC(=O)[C@@H]1CC(C)CN1C(=O)[C@@H](NC(=O)N[C@H](CN1Cc2sccc2S1(=O)=O)C(C)(C)C)C(C)(C)C. The zero-order chi connectivity index (χ0) is 36.2. The van der Waals surface area contributed by atoms with Crippen LogP contribution in [-0.2, 0) is 35.7 Å². The van der Waals surface area contributed by atoms with Crippen molar-refractivity contribution in [3.05, 3.63) is 29.0 Å². The Hall–Kier alpha value is -3.30. The summed E-state index contributed by atoms with van der Waals surface area (Å²) in [6.07, 6.45) is 2.58. The van der Waals surface area contributed by atoms with Gasteiger partial charge in [0.1, 0.15) is 12.1 Å². The number of rotatable bonds is 13. The van der Waals surface area contributed by atoms with Crippen molar-refractivity contribution in [2.75, 3.05) is 19.6 Å². The van der Waals surface area contributed by atoms with E-state index in [4.69, 9.17) is 0 Å². The molecule has 0 spiro atoms. The van der Waals surface area contributed by atoms with Gasteiger partial charge in [-0.2, -0.15) is 4.31 Å². The summed E-state index contributed by atoms with van der Waals surface area (Å²) >= 11 is 1.38. The summed E-state index contributed by atoms with van der Waals surface area (Å²) in [5, 5.41) is 12.7. The minimum Gasteiger partial charge on any atom is -0.346 e. The molecular formula is C33H52N6O7S2. The lowest BCUT2D eigenvalue weighted by molar-refractivity contribution is -0.143. The molecule has 0 aliphatic carbocycles. The first-order valence-electron chi connectivity index (χ1n) is 16.4. The van der Waals surface area contributed by atoms with Crippen LogP contribution in [0, 0.1) is 16.7 Å². The Kier molecular flexibility index (Phi) is 12.6. The van der Waals surface area contributed by atoms with Crippen LogP contribution >= 0.6 is 11.3 Å². The van der Waals surface area contributed by atoms with Gasteiger partial charge < -0.3 is 26.2 Å². The highest BCUT2D eigenvalue weighted by molar-refractivity contribution is 7.89. The molecule has 13 nitrogen and oxygen atoms in total. The smallest absolute Gasteiger partial charge is 0.315 e. The fourth-order valence-electron chi connectivity index (χ4n) is 5.88. The van der Waals surface area contributed by atoms with E-state index in [9.17, 15) is 32.4 Å². The van der Waals surface area contributed by atoms with Crippen LogP contribution in [0.3, 0.4) is 0 Å². The Bertz CT molecular complexity index is 1490. The molecule has 3 heterocycles. The van der Waals surface area contributed by atoms with E-state index in [-0.39, 0.29) is 38.5 Å². The molecule has 0 aromatic carbocycles. The average molecular weight is 709 g/mol. The number of carbonyl (C=O) groups excluding carboxylic acids is 5. The number of carbonyl (C=O) groups is 5. The van der Waals surface area contributed by atoms with Crippen molar-refractivity contribution >= 4 is 50.9 Å². The maximum atomic E-state index is 14.2. The molecule has 15 heteroatoms. The van der Waals surface area contributed by atoms with Gasteiger partial charge in [-0.3, -0.25) is 19.2 Å². The molecule has 4 N–H and O–H groups in total. The third-order valence-corrected chi connectivity index (χ3v) is 11.6. The summed E-state index contributed by atoms with van der Waals surface area (Å²) in [5.74, 6) is -2.63. The molecule has 5 atom stereocenters. The van der Waals surface area contributed by atoms with Gasteiger partial charge in [0.25, 0.3) is 5.91 Å². The van der Waals surface area contributed by atoms with Crippen LogP contribution in [0.25, 0.3) is 0 Å². The van der Waals surface area contributed by atoms with Crippen LogP contribution in [-0.4, -0.2) is 91.0 Å². The Morgan fingerprint density at radius 2 is 1.73 bits per heavy atom. The second-order valence-electron chi connectivity index (χ2n) is 14.9. The predicted octanol–water partition coefficient (Wildman–Crippen LogP) is 2.77. The number of fused-ring (bicyclic) bond motifs is 1. The number of sulfonamides is 1. The number of nitrogens with one attached hydrogen (secondary N) is 4. The standard InChI is InChI=1S/C33H52N6O7S2/c1-10-12-21(26(40)29(42)34-14-11-2)35-28(41)22-16-20(3)17-39(22)30(43)27(33(7,8)9)37-31(44)36-25(32(4,5)6)19-38-18-23-24(13-15-47-23)48(38,45)46/h11,13,15,20-22,25,27H,2,10,12,14,16-19H2,1,3-9H3,(H,34,42)(H,35,41)(H2,36,37,44)/t20?,21?,22-,25+,27+/m0/s1. The maximum Gasteiger partial charge on any atom is 0.315 e. The zero-order valence-corrected chi connectivity index (χ0v) is 31.0. The highest BCUT2D eigenvalue weighted by Crippen LogP contribution is 2.35. The Labute approximate surface area is 288 Å². The summed E-state index contributed by atoms with van der Waals surface area (Å²) in [5.41, 5.74) is -1.30. The molecule has 48 heavy (non-hydrogen) atoms. The molecule has 268 valence electrons. The molecule has 2 aliphatic rings. The molecule has 1 aromatic rings. The van der Waals surface area contributed by atoms with Crippen LogP contribution in [0.2, 0.25) is 0 Å². The van der Waals surface area contributed by atoms with Gasteiger partial charge >= 0.3 is 6.03 Å². The van der Waals surface area contributed by atoms with E-state index in [0.29, 0.717) is 17.7 Å². The number of hydrogen-bond acceptors (Lipinski definition) is 8. The summed E-state index contributed by atoms with van der Waals surface area (Å²) in [7, 11) is -3.69. The molecule has 2 aliphatic heterocycles. The lowest BCUT2D eigenvalue weighted by atomic mass is 9.85. The van der Waals surface area contributed by atoms with Crippen molar-refractivity contribution in [1.82, 2.24) is 30.5 Å². The Balaban J connectivity index is 1.77. The van der Waals surface area contributed by atoms with Crippen molar-refractivity contribution in [1.29, 1.82) is 0 Å². The first-order valence-corrected chi connectivity index (χ1v) is 18.7. The van der Waals surface area contributed by atoms with Crippen LogP contribution < -0.4 is 21.3 Å². The number of hydrogen-bond donors (Lipinski definition) is 4. The quantitative estimate of drug-likeness (QED) is 0.180. The minimum atomic E-state index is -3.69. The molecule has 0 radical (unpaired) electrons. The number of Topliss-reactive ketones (excluding diaryl/α,β-unsaturated/α-hetero) is 1. The molecule has 1 aromatic heterocycles. The van der Waals surface area contributed by atoms with E-state index in [2.05, 4.69) is 27.8 Å². The van der Waals surface area contributed by atoms with Crippen LogP contribution in [0.4, 0.5) is 4.79 Å². The van der Waals surface area contributed by atoms with Crippen molar-refractivity contribution in [3.63, 3.8) is 0 Å². The lowest BCUT2D eigenvalue weighted by Crippen LogP contribution is -2.61. The maximum absolute atomic E-state index is 14.2. The third kappa shape index (κ3) is 9.23. The van der Waals surface area contributed by atoms with Gasteiger partial charge in [-0.15, -0.1) is 17.9 Å². The number of amides is 5. The molecule has 3 rings (SSSR count). The first kappa shape index (κ1) is 39.1. The molecule has 2 unspecified atom stereocenters. The topological polar surface area (TPSA) is 174 Å². The van der Waals surface area contributed by atoms with Gasteiger partial charge in [0.05, 0.1) is 10.9 Å². The second kappa shape index (κ2) is 15.5. The minimum absolute atomic E-state index is 0.0358. The molecule has 0 saturated carbocycles. The average Bonchev–Trinajstić information content (AvgIpc) is 3.67. The second-order valence-corrected chi connectivity index (χ2v) is 17.8. The number of thiophene rings is 1. The van der Waals surface area contributed by atoms with Gasteiger partial charge in [0.15, 0.2) is 0 Å². The Morgan fingerprint density at radius 3 is 2.29 bits per heavy atom. The van der Waals surface area contributed by atoms with Gasteiger partial charge in [-0.05, 0) is 41.0 Å². The molecule has 1 saturated heterocycles. The summed E-state index contributed by atoms with van der Waals surface area (Å²) in [4.78, 5) is 69.0. The largest absolute Gasteiger partial charge is 0.346 e. The van der Waals surface area contributed by atoms with Crippen LogP contribution in [0.1, 0.15) is 79.5 Å². The van der Waals surface area contributed by atoms with E-state index in [1.54, 1.807) is 32.2 Å². The number of ketones is 1. The third-order valence-electron chi connectivity index (χ3n) is 8.70. The van der Waals surface area contributed by atoms with Gasteiger partial charge in [0.2, 0.25) is 27.6 Å². The number of likely N-dealkylation sites (tertiary alicyclic amines) is 1. The first-order chi connectivity index (χ1) is 22.2. The van der Waals surface area contributed by atoms with Crippen molar-refractivity contribution in [2.45, 2.75) is 110 Å². The van der Waals surface area contributed by atoms with Crippen molar-refractivity contribution in [3.8, 4) is 0 Å². The van der Waals surface area contributed by atoms with Crippen molar-refractivity contribution < 1.29 is 32.4 Å². The van der Waals surface area contributed by atoms with E-state index in [1.807, 2.05) is 34.6 Å². The number of nitrogens with zero attached hydrogens (tertiary/aromatic N) is 2. The molecule has 1 fully saturated rings. The van der Waals surface area contributed by atoms with Gasteiger partial charge in [-0.1, -0.05) is 67.9 Å². The molecule has 0 bridgehead atoms. The molecule has 5 amide bonds. The van der Waals surface area contributed by atoms with Crippen LogP contribution in [0.15, 0.2) is 29.0 Å². The lowest BCUT2D eigenvalue weighted by Gasteiger charge is -2.37. The fraction of sp³-hybridized carbons (Fsp3) is 0.667. The van der Waals surface area contributed by atoms with E-state index >= 15 is 0 Å². The van der Waals surface area contributed by atoms with E-state index in [1.165, 1.54) is 26.6 Å². The fourth-order valence-corrected chi connectivity index (χ4v) is 8.81.